The summed E-state index contributed by atoms with van der Waals surface area (Å²) in [4.78, 5) is 28.6. The number of aromatic nitrogens is 2. The zero-order chi connectivity index (χ0) is 21.0. The Kier molecular flexibility index (Phi) is 6.03. The van der Waals surface area contributed by atoms with Crippen LogP contribution in [0.4, 0.5) is 24.5 Å². The number of aliphatic hydroxyl groups is 1. The molecule has 29 heavy (non-hydrogen) atoms. The molecule has 3 aromatic rings. The highest BCUT2D eigenvalue weighted by Crippen LogP contribution is 2.32. The molecule has 1 heterocycles. The molecule has 5 N–H and O–H groups in total. The molecule has 0 aliphatic carbocycles. The van der Waals surface area contributed by atoms with E-state index in [0.717, 1.165) is 11.9 Å². The standard InChI is InChI=1S/C17H15F3N4O4S/c18-17(19,20)28-10-3-1-9(2-4-10)24-29-14-8-12-11(7-13(14)21-5-6-25)22-15(26)16(27)23-12/h1-4,7-8,21,24-25H,5-6H2,(H,22,26)(H,23,27). The maximum Gasteiger partial charge on any atom is 0.573 e. The summed E-state index contributed by atoms with van der Waals surface area (Å²) in [5, 5.41) is 12.0. The van der Waals surface area contributed by atoms with Gasteiger partial charge in [0.05, 0.1) is 28.2 Å². The van der Waals surface area contributed by atoms with E-state index in [1.165, 1.54) is 24.3 Å². The predicted molar refractivity (Wildman–Crippen MR) is 103 cm³/mol. The molecule has 0 atom stereocenters. The topological polar surface area (TPSA) is 119 Å². The third kappa shape index (κ3) is 5.45. The number of alkyl halides is 3. The number of aromatic amines is 2. The fourth-order valence-corrected chi connectivity index (χ4v) is 3.18. The molecule has 12 heteroatoms. The van der Waals surface area contributed by atoms with Crippen LogP contribution in [0.25, 0.3) is 11.0 Å². The minimum absolute atomic E-state index is 0.127. The molecule has 3 rings (SSSR count). The summed E-state index contributed by atoms with van der Waals surface area (Å²) in [6.07, 6.45) is -4.76. The summed E-state index contributed by atoms with van der Waals surface area (Å²) >= 11 is 1.12. The van der Waals surface area contributed by atoms with Crippen LogP contribution >= 0.6 is 11.9 Å². The third-order valence-corrected chi connectivity index (χ3v) is 4.51. The molecule has 1 aromatic heterocycles. The molecule has 0 radical (unpaired) electrons. The number of benzene rings is 2. The fraction of sp³-hybridized carbons (Fsp3) is 0.176. The van der Waals surface area contributed by atoms with Gasteiger partial charge < -0.3 is 29.9 Å². The monoisotopic (exact) mass is 428 g/mol. The van der Waals surface area contributed by atoms with Crippen LogP contribution in [0.2, 0.25) is 0 Å². The maximum atomic E-state index is 12.2. The molecule has 0 aliphatic heterocycles. The first kappa shape index (κ1) is 20.6. The molecule has 154 valence electrons. The van der Waals surface area contributed by atoms with E-state index in [2.05, 4.69) is 24.7 Å². The van der Waals surface area contributed by atoms with Gasteiger partial charge in [0, 0.05) is 12.2 Å². The molecule has 0 bridgehead atoms. The lowest BCUT2D eigenvalue weighted by Gasteiger charge is -2.14. The molecule has 0 saturated carbocycles. The zero-order valence-electron chi connectivity index (χ0n) is 14.6. The van der Waals surface area contributed by atoms with Gasteiger partial charge in [0.25, 0.3) is 0 Å². The van der Waals surface area contributed by atoms with Gasteiger partial charge in [-0.15, -0.1) is 13.2 Å². The predicted octanol–water partition coefficient (Wildman–Crippen LogP) is 2.64. The summed E-state index contributed by atoms with van der Waals surface area (Å²) in [6, 6.07) is 8.39. The molecular weight excluding hydrogens is 413 g/mol. The normalized spacial score (nSPS) is 11.4. The number of fused-ring (bicyclic) bond motifs is 1. The van der Waals surface area contributed by atoms with Crippen LogP contribution in [0.3, 0.4) is 0 Å². The summed E-state index contributed by atoms with van der Waals surface area (Å²) in [5.74, 6) is -0.342. The van der Waals surface area contributed by atoms with Crippen LogP contribution in [0.1, 0.15) is 0 Å². The van der Waals surface area contributed by atoms with Gasteiger partial charge in [0.1, 0.15) is 5.75 Å². The third-order valence-electron chi connectivity index (χ3n) is 3.62. The van der Waals surface area contributed by atoms with Gasteiger partial charge in [0.15, 0.2) is 0 Å². The molecule has 0 saturated heterocycles. The van der Waals surface area contributed by atoms with Gasteiger partial charge in [-0.3, -0.25) is 9.59 Å². The van der Waals surface area contributed by atoms with Gasteiger partial charge in [0.2, 0.25) is 0 Å². The molecule has 0 aliphatic rings. The van der Waals surface area contributed by atoms with E-state index in [4.69, 9.17) is 5.11 Å². The zero-order valence-corrected chi connectivity index (χ0v) is 15.4. The van der Waals surface area contributed by atoms with Crippen LogP contribution < -0.4 is 25.9 Å². The molecule has 0 fully saturated rings. The molecular formula is C17H15F3N4O4S. The van der Waals surface area contributed by atoms with E-state index in [9.17, 15) is 22.8 Å². The number of hydrogen-bond acceptors (Lipinski definition) is 7. The van der Waals surface area contributed by atoms with E-state index >= 15 is 0 Å². The Balaban J connectivity index is 1.83. The van der Waals surface area contributed by atoms with E-state index < -0.39 is 17.5 Å². The quantitative estimate of drug-likeness (QED) is 0.290. The summed E-state index contributed by atoms with van der Waals surface area (Å²) in [7, 11) is 0. The molecule has 0 unspecified atom stereocenters. The number of rotatable bonds is 7. The van der Waals surface area contributed by atoms with Crippen molar-refractivity contribution in [2.45, 2.75) is 11.3 Å². The minimum atomic E-state index is -4.76. The Morgan fingerprint density at radius 3 is 2.24 bits per heavy atom. The lowest BCUT2D eigenvalue weighted by atomic mass is 10.2. The highest BCUT2D eigenvalue weighted by molar-refractivity contribution is 8.00. The SMILES string of the molecule is O=c1[nH]c2cc(NCCO)c(SNc3ccc(OC(F)(F)F)cc3)cc2[nH]c1=O. The fourth-order valence-electron chi connectivity index (χ4n) is 2.40. The second-order valence-corrected chi connectivity index (χ2v) is 6.58. The van der Waals surface area contributed by atoms with Gasteiger partial charge in [-0.25, -0.2) is 0 Å². The average molecular weight is 428 g/mol. The van der Waals surface area contributed by atoms with Crippen molar-refractivity contribution in [1.82, 2.24) is 9.97 Å². The van der Waals surface area contributed by atoms with Crippen molar-refractivity contribution < 1.29 is 23.0 Å². The van der Waals surface area contributed by atoms with Crippen molar-refractivity contribution >= 4 is 34.4 Å². The summed E-state index contributed by atoms with van der Waals surface area (Å²) < 4.78 is 43.5. The molecule has 2 aromatic carbocycles. The molecule has 0 amide bonds. The number of H-pyrrole nitrogens is 2. The Bertz CT molecular complexity index is 1110. The van der Waals surface area contributed by atoms with Crippen molar-refractivity contribution in [3.8, 4) is 5.75 Å². The van der Waals surface area contributed by atoms with Crippen LogP contribution in [0.5, 0.6) is 5.75 Å². The summed E-state index contributed by atoms with van der Waals surface area (Å²) in [5.41, 5.74) is 0.287. The molecule has 8 nitrogen and oxygen atoms in total. The highest BCUT2D eigenvalue weighted by Gasteiger charge is 2.30. The van der Waals surface area contributed by atoms with Gasteiger partial charge in [-0.1, -0.05) is 0 Å². The number of aliphatic hydroxyl groups excluding tert-OH is 1. The van der Waals surface area contributed by atoms with Crippen LogP contribution in [-0.4, -0.2) is 34.6 Å². The van der Waals surface area contributed by atoms with Gasteiger partial charge in [-0.05, 0) is 48.3 Å². The second kappa shape index (κ2) is 8.49. The molecule has 0 spiro atoms. The Morgan fingerprint density at radius 1 is 1.03 bits per heavy atom. The van der Waals surface area contributed by atoms with Crippen LogP contribution in [0.15, 0.2) is 50.9 Å². The second-order valence-electron chi connectivity index (χ2n) is 5.73. The minimum Gasteiger partial charge on any atom is -0.406 e. The highest BCUT2D eigenvalue weighted by atomic mass is 32.2. The van der Waals surface area contributed by atoms with Crippen LogP contribution in [0, 0.1) is 0 Å². The van der Waals surface area contributed by atoms with E-state index in [1.54, 1.807) is 12.1 Å². The van der Waals surface area contributed by atoms with Crippen molar-refractivity contribution in [1.29, 1.82) is 0 Å². The van der Waals surface area contributed by atoms with Gasteiger partial charge in [-0.2, -0.15) is 0 Å². The first-order valence-electron chi connectivity index (χ1n) is 8.19. The van der Waals surface area contributed by atoms with E-state index in [-0.39, 0.29) is 18.9 Å². The number of anilines is 2. The number of hydrogen-bond donors (Lipinski definition) is 5. The number of nitrogens with one attached hydrogen (secondary N) is 4. The lowest BCUT2D eigenvalue weighted by molar-refractivity contribution is -0.274. The van der Waals surface area contributed by atoms with E-state index in [1.807, 2.05) is 0 Å². The average Bonchev–Trinajstić information content (AvgIpc) is 2.65. The number of ether oxygens (including phenoxy) is 1. The Hall–Kier alpha value is -3.12. The Morgan fingerprint density at radius 2 is 1.66 bits per heavy atom. The summed E-state index contributed by atoms with van der Waals surface area (Å²) in [6.45, 7) is 0.120. The maximum absolute atomic E-state index is 12.2. The first-order valence-corrected chi connectivity index (χ1v) is 9.00. The van der Waals surface area contributed by atoms with Crippen molar-refractivity contribution in [3.05, 3.63) is 57.1 Å². The lowest BCUT2D eigenvalue weighted by Crippen LogP contribution is -2.29. The smallest absolute Gasteiger partial charge is 0.406 e. The van der Waals surface area contributed by atoms with Crippen molar-refractivity contribution in [3.63, 3.8) is 0 Å². The van der Waals surface area contributed by atoms with Crippen molar-refractivity contribution in [2.24, 2.45) is 0 Å². The van der Waals surface area contributed by atoms with E-state index in [0.29, 0.717) is 27.3 Å². The first-order chi connectivity index (χ1) is 13.7. The number of halogens is 3. The largest absolute Gasteiger partial charge is 0.573 e. The van der Waals surface area contributed by atoms with Gasteiger partial charge >= 0.3 is 17.5 Å². The van der Waals surface area contributed by atoms with Crippen molar-refractivity contribution in [2.75, 3.05) is 23.2 Å². The Labute approximate surface area is 165 Å². The van der Waals surface area contributed by atoms with Crippen LogP contribution in [-0.2, 0) is 0 Å².